The number of aliphatic imine (C=N–C) groups is 1. The molecule has 2 amide bonds. The van der Waals surface area contributed by atoms with Crippen LogP contribution in [-0.2, 0) is 4.79 Å². The van der Waals surface area contributed by atoms with Gasteiger partial charge in [-0.2, -0.15) is 0 Å². The van der Waals surface area contributed by atoms with Gasteiger partial charge < -0.3 is 10.1 Å². The van der Waals surface area contributed by atoms with Crippen LogP contribution in [0.1, 0.15) is 30.4 Å². The van der Waals surface area contributed by atoms with E-state index >= 15 is 0 Å². The van der Waals surface area contributed by atoms with Crippen LogP contribution in [0.15, 0.2) is 35.3 Å². The lowest BCUT2D eigenvalue weighted by Crippen LogP contribution is -3.15. The maximum absolute atomic E-state index is 12.7. The van der Waals surface area contributed by atoms with E-state index in [-0.39, 0.29) is 23.9 Å². The van der Waals surface area contributed by atoms with Gasteiger partial charge in [-0.15, -0.1) is 11.3 Å². The first-order valence-corrected chi connectivity index (χ1v) is 9.12. The Morgan fingerprint density at radius 1 is 1.27 bits per heavy atom. The van der Waals surface area contributed by atoms with Crippen molar-refractivity contribution < 1.29 is 19.2 Å². The number of nitrogens with zero attached hydrogens (tertiary/aromatic N) is 1. The molecule has 0 bridgehead atoms. The van der Waals surface area contributed by atoms with Gasteiger partial charge in [0, 0.05) is 10.4 Å². The summed E-state index contributed by atoms with van der Waals surface area (Å²) >= 11 is 1.40. The number of hydrogen-bond donors (Lipinski definition) is 2. The van der Waals surface area contributed by atoms with Crippen LogP contribution in [0.25, 0.3) is 10.4 Å². The largest absolute Gasteiger partial charge is 0.497 e. The number of quaternary nitrogens is 1. The van der Waals surface area contributed by atoms with E-state index in [1.54, 1.807) is 7.11 Å². The SMILES string of the molecule is COc1ccc(-c2cc3c(s2)C(=O)[NH+](CC(=O)NC(C)(C)C)C=N3)cc1. The lowest BCUT2D eigenvalue weighted by Gasteiger charge is -2.21. The normalized spacial score (nSPS) is 16.3. The summed E-state index contributed by atoms with van der Waals surface area (Å²) in [5.41, 5.74) is 1.33. The molecule has 3 rings (SSSR count). The maximum atomic E-state index is 12.7. The zero-order valence-electron chi connectivity index (χ0n) is 15.3. The summed E-state index contributed by atoms with van der Waals surface area (Å²) in [7, 11) is 1.62. The highest BCUT2D eigenvalue weighted by Gasteiger charge is 2.32. The first kappa shape index (κ1) is 18.3. The van der Waals surface area contributed by atoms with Gasteiger partial charge in [-0.1, -0.05) is 0 Å². The molecule has 0 saturated carbocycles. The Labute approximate surface area is 156 Å². The fourth-order valence-corrected chi connectivity index (χ4v) is 3.74. The Kier molecular flexibility index (Phi) is 4.93. The summed E-state index contributed by atoms with van der Waals surface area (Å²) in [4.78, 5) is 31.2. The van der Waals surface area contributed by atoms with Crippen molar-refractivity contribution in [3.05, 3.63) is 35.2 Å². The van der Waals surface area contributed by atoms with Gasteiger partial charge >= 0.3 is 5.91 Å². The highest BCUT2D eigenvalue weighted by Crippen LogP contribution is 2.37. The average Bonchev–Trinajstić information content (AvgIpc) is 3.01. The van der Waals surface area contributed by atoms with Crippen LogP contribution in [0.4, 0.5) is 5.69 Å². The zero-order valence-corrected chi connectivity index (χ0v) is 16.1. The van der Waals surface area contributed by atoms with E-state index in [1.807, 2.05) is 51.1 Å². The third-order valence-corrected chi connectivity index (χ3v) is 4.98. The Bertz CT molecular complexity index is 863. The molecular formula is C19H22N3O3S+. The summed E-state index contributed by atoms with van der Waals surface area (Å²) in [5, 5.41) is 2.87. The number of fused-ring (bicyclic) bond motifs is 1. The van der Waals surface area contributed by atoms with Gasteiger partial charge in [0.05, 0.1) is 12.8 Å². The number of carbonyl (C=O) groups is 2. The van der Waals surface area contributed by atoms with Crippen molar-refractivity contribution in [3.63, 3.8) is 0 Å². The fourth-order valence-electron chi connectivity index (χ4n) is 2.65. The van der Waals surface area contributed by atoms with Gasteiger partial charge in [0.25, 0.3) is 5.91 Å². The molecule has 7 heteroatoms. The van der Waals surface area contributed by atoms with E-state index in [9.17, 15) is 9.59 Å². The van der Waals surface area contributed by atoms with Crippen molar-refractivity contribution in [2.45, 2.75) is 26.3 Å². The van der Waals surface area contributed by atoms with Crippen LogP contribution in [0.5, 0.6) is 5.75 Å². The molecular weight excluding hydrogens is 350 g/mol. The topological polar surface area (TPSA) is 72.2 Å². The average molecular weight is 372 g/mol. The van der Waals surface area contributed by atoms with Gasteiger partial charge in [-0.25, -0.2) is 14.7 Å². The molecule has 136 valence electrons. The van der Waals surface area contributed by atoms with E-state index < -0.39 is 0 Å². The highest BCUT2D eigenvalue weighted by atomic mass is 32.1. The molecule has 2 aromatic rings. The standard InChI is InChI=1S/C19H21N3O3S/c1-19(2,3)21-16(23)10-22-11-20-14-9-15(26-17(14)18(22)24)12-5-7-13(25-4)8-6-12/h5-9,11H,10H2,1-4H3,(H,21,23)/p+1. The second kappa shape index (κ2) is 7.01. The molecule has 0 saturated heterocycles. The Hall–Kier alpha value is -2.51. The number of hydrogen-bond acceptors (Lipinski definition) is 5. The summed E-state index contributed by atoms with van der Waals surface area (Å²) in [6.45, 7) is 5.76. The van der Waals surface area contributed by atoms with Gasteiger partial charge in [0.2, 0.25) is 0 Å². The van der Waals surface area contributed by atoms with E-state index in [1.165, 1.54) is 17.7 Å². The number of rotatable bonds is 4. The van der Waals surface area contributed by atoms with Crippen molar-refractivity contribution in [1.82, 2.24) is 5.32 Å². The van der Waals surface area contributed by atoms with Gasteiger partial charge in [-0.3, -0.25) is 4.79 Å². The predicted octanol–water partition coefficient (Wildman–Crippen LogP) is 2.04. The van der Waals surface area contributed by atoms with Crippen LogP contribution >= 0.6 is 11.3 Å². The first-order valence-electron chi connectivity index (χ1n) is 8.31. The number of amides is 2. The quantitative estimate of drug-likeness (QED) is 0.863. The highest BCUT2D eigenvalue weighted by molar-refractivity contribution is 7.18. The van der Waals surface area contributed by atoms with Crippen molar-refractivity contribution >= 4 is 35.2 Å². The summed E-state index contributed by atoms with van der Waals surface area (Å²) < 4.78 is 5.17. The molecule has 0 spiro atoms. The molecule has 1 aromatic heterocycles. The lowest BCUT2D eigenvalue weighted by molar-refractivity contribution is -0.695. The molecule has 0 radical (unpaired) electrons. The predicted molar refractivity (Wildman–Crippen MR) is 103 cm³/mol. The van der Waals surface area contributed by atoms with Crippen molar-refractivity contribution in [1.29, 1.82) is 0 Å². The number of carbonyl (C=O) groups excluding carboxylic acids is 2. The first-order chi connectivity index (χ1) is 12.3. The smallest absolute Gasteiger partial charge is 0.362 e. The lowest BCUT2D eigenvalue weighted by atomic mass is 10.1. The van der Waals surface area contributed by atoms with Crippen LogP contribution in [0.2, 0.25) is 0 Å². The maximum Gasteiger partial charge on any atom is 0.362 e. The van der Waals surface area contributed by atoms with Crippen LogP contribution in [0, 0.1) is 0 Å². The number of nitrogens with one attached hydrogen (secondary N) is 2. The Balaban J connectivity index is 1.78. The number of benzene rings is 1. The van der Waals surface area contributed by atoms with Gasteiger partial charge in [-0.05, 0) is 56.7 Å². The molecule has 2 heterocycles. The Morgan fingerprint density at radius 3 is 2.58 bits per heavy atom. The molecule has 1 aliphatic heterocycles. The minimum absolute atomic E-state index is 0.0365. The van der Waals surface area contributed by atoms with Crippen LogP contribution in [0.3, 0.4) is 0 Å². The van der Waals surface area contributed by atoms with Crippen molar-refractivity contribution in [2.24, 2.45) is 4.99 Å². The van der Waals surface area contributed by atoms with Crippen LogP contribution in [-0.4, -0.2) is 37.3 Å². The minimum atomic E-state index is -0.331. The minimum Gasteiger partial charge on any atom is -0.497 e. The van der Waals surface area contributed by atoms with E-state index in [0.717, 1.165) is 16.2 Å². The molecule has 1 aliphatic rings. The van der Waals surface area contributed by atoms with Gasteiger partial charge in [0.15, 0.2) is 17.8 Å². The molecule has 1 aromatic carbocycles. The van der Waals surface area contributed by atoms with E-state index in [4.69, 9.17) is 4.74 Å². The third kappa shape index (κ3) is 4.00. The molecule has 26 heavy (non-hydrogen) atoms. The van der Waals surface area contributed by atoms with Crippen LogP contribution < -0.4 is 15.0 Å². The molecule has 2 N–H and O–H groups in total. The van der Waals surface area contributed by atoms with E-state index in [2.05, 4.69) is 10.3 Å². The number of thiophene rings is 1. The molecule has 0 aliphatic carbocycles. The Morgan fingerprint density at radius 2 is 1.96 bits per heavy atom. The van der Waals surface area contributed by atoms with Gasteiger partial charge in [0.1, 0.15) is 5.75 Å². The summed E-state index contributed by atoms with van der Waals surface area (Å²) in [6.07, 6.45) is 1.51. The fraction of sp³-hybridized carbons (Fsp3) is 0.316. The molecule has 6 nitrogen and oxygen atoms in total. The van der Waals surface area contributed by atoms with Crippen molar-refractivity contribution in [3.8, 4) is 16.2 Å². The second-order valence-electron chi connectivity index (χ2n) is 7.14. The number of methoxy groups -OCH3 is 1. The summed E-state index contributed by atoms with van der Waals surface area (Å²) in [6, 6.07) is 9.57. The molecule has 0 fully saturated rings. The number of ether oxygens (including phenoxy) is 1. The molecule has 1 atom stereocenters. The van der Waals surface area contributed by atoms with Crippen molar-refractivity contribution in [2.75, 3.05) is 13.7 Å². The monoisotopic (exact) mass is 372 g/mol. The zero-order chi connectivity index (χ0) is 18.9. The third-order valence-electron chi connectivity index (χ3n) is 3.81. The summed E-state index contributed by atoms with van der Waals surface area (Å²) in [5.74, 6) is 0.483. The molecule has 1 unspecified atom stereocenters. The van der Waals surface area contributed by atoms with E-state index in [0.29, 0.717) is 15.5 Å². The second-order valence-corrected chi connectivity index (χ2v) is 8.19.